The van der Waals surface area contributed by atoms with Crippen molar-refractivity contribution < 1.29 is 31.8 Å². The van der Waals surface area contributed by atoms with E-state index in [9.17, 15) is 13.2 Å². The van der Waals surface area contributed by atoms with Crippen molar-refractivity contribution in [2.75, 3.05) is 14.2 Å². The number of furan rings is 1. The molecule has 0 aliphatic rings. The van der Waals surface area contributed by atoms with Crippen molar-refractivity contribution in [2.24, 2.45) is 0 Å². The number of imidazole rings is 1. The van der Waals surface area contributed by atoms with Gasteiger partial charge in [-0.2, -0.15) is 13.2 Å². The molecule has 2 aromatic carbocycles. The van der Waals surface area contributed by atoms with Crippen LogP contribution < -0.4 is 14.2 Å². The van der Waals surface area contributed by atoms with Gasteiger partial charge in [0.2, 0.25) is 4.96 Å². The van der Waals surface area contributed by atoms with Gasteiger partial charge in [-0.3, -0.25) is 0 Å². The summed E-state index contributed by atoms with van der Waals surface area (Å²) in [5.74, 6) is 1.56. The fourth-order valence-corrected chi connectivity index (χ4v) is 5.32. The van der Waals surface area contributed by atoms with E-state index in [1.54, 1.807) is 48.5 Å². The Bertz CT molecular complexity index is 1740. The summed E-state index contributed by atoms with van der Waals surface area (Å²) in [7, 11) is 3.09. The maximum Gasteiger partial charge on any atom is 0.416 e. The van der Waals surface area contributed by atoms with Crippen LogP contribution in [0.5, 0.6) is 16.7 Å². The molecule has 13 heteroatoms. The Morgan fingerprint density at radius 1 is 1.05 bits per heavy atom. The van der Waals surface area contributed by atoms with E-state index in [2.05, 4.69) is 15.1 Å². The monoisotopic (exact) mass is 558 g/mol. The van der Waals surface area contributed by atoms with Gasteiger partial charge >= 0.3 is 6.18 Å². The van der Waals surface area contributed by atoms with Crippen LogP contribution in [0.15, 0.2) is 58.5 Å². The fraction of sp³-hybridized carbons (Fsp3) is 0.160. The first-order valence-corrected chi connectivity index (χ1v) is 12.8. The van der Waals surface area contributed by atoms with Crippen LogP contribution in [-0.2, 0) is 12.8 Å². The summed E-state index contributed by atoms with van der Waals surface area (Å²) in [6, 6.07) is 10.4. The highest BCUT2D eigenvalue weighted by atomic mass is 32.1. The third kappa shape index (κ3) is 4.54. The van der Waals surface area contributed by atoms with Gasteiger partial charge in [-0.05, 0) is 29.5 Å². The molecule has 0 fully saturated rings. The van der Waals surface area contributed by atoms with Crippen molar-refractivity contribution in [2.45, 2.75) is 12.8 Å². The highest BCUT2D eigenvalue weighted by molar-refractivity contribution is 7.18. The van der Waals surface area contributed by atoms with Crippen molar-refractivity contribution in [1.29, 1.82) is 0 Å². The summed E-state index contributed by atoms with van der Waals surface area (Å²) < 4.78 is 63.6. The Morgan fingerprint density at radius 3 is 2.68 bits per heavy atom. The molecular weight excluding hydrogens is 541 g/mol. The largest absolute Gasteiger partial charge is 0.496 e. The Labute approximate surface area is 220 Å². The molecule has 6 rings (SSSR count). The zero-order valence-corrected chi connectivity index (χ0v) is 21.4. The number of alkyl halides is 3. The minimum Gasteiger partial charge on any atom is -0.496 e. The number of rotatable bonds is 7. The first-order chi connectivity index (χ1) is 18.3. The van der Waals surface area contributed by atoms with E-state index < -0.39 is 11.7 Å². The molecule has 0 unspecified atom stereocenters. The van der Waals surface area contributed by atoms with E-state index in [4.69, 9.17) is 18.6 Å². The molecule has 0 radical (unpaired) electrons. The van der Waals surface area contributed by atoms with Crippen molar-refractivity contribution in [3.63, 3.8) is 0 Å². The number of thiazole rings is 1. The van der Waals surface area contributed by atoms with Crippen molar-refractivity contribution in [1.82, 2.24) is 19.6 Å². The average Bonchev–Trinajstić information content (AvgIpc) is 3.69. The molecule has 0 aliphatic carbocycles. The molecule has 38 heavy (non-hydrogen) atoms. The lowest BCUT2D eigenvalue weighted by molar-refractivity contribution is -0.137. The summed E-state index contributed by atoms with van der Waals surface area (Å²) in [6.45, 7) is 0.0994. The van der Waals surface area contributed by atoms with Gasteiger partial charge in [-0.25, -0.2) is 14.5 Å². The Kier molecular flexibility index (Phi) is 5.95. The van der Waals surface area contributed by atoms with Crippen LogP contribution in [0.25, 0.3) is 38.0 Å². The first-order valence-electron chi connectivity index (χ1n) is 11.1. The van der Waals surface area contributed by atoms with Gasteiger partial charge in [0, 0.05) is 23.1 Å². The molecule has 4 aromatic heterocycles. The minimum absolute atomic E-state index is 0.0994. The summed E-state index contributed by atoms with van der Waals surface area (Å²) in [4.78, 5) is 9.69. The highest BCUT2D eigenvalue weighted by Gasteiger charge is 2.30. The standard InChI is InChI=1S/C25H17F3N4O4S2/c1-33-16-7-19(35-11-15-12-37-22(29-15)13-4-3-5-14(6-13)25(26,27)28)17-9-21(36-20(17)8-16)18-10-32-23(30-18)38-24(31-32)34-2/h3-10,12H,11H2,1-2H3. The molecule has 6 aromatic rings. The first kappa shape index (κ1) is 24.2. The predicted molar refractivity (Wildman–Crippen MR) is 136 cm³/mol. The number of halogens is 3. The third-order valence-electron chi connectivity index (χ3n) is 5.62. The van der Waals surface area contributed by atoms with Crippen molar-refractivity contribution >= 4 is 38.6 Å². The number of aromatic nitrogens is 4. The number of hydrogen-bond acceptors (Lipinski definition) is 9. The summed E-state index contributed by atoms with van der Waals surface area (Å²) in [5, 5.41) is 7.72. The van der Waals surface area contributed by atoms with Gasteiger partial charge < -0.3 is 18.6 Å². The molecule has 0 atom stereocenters. The topological polar surface area (TPSA) is 83.9 Å². The normalized spacial score (nSPS) is 11.9. The molecule has 4 heterocycles. The van der Waals surface area contributed by atoms with E-state index in [0.717, 1.165) is 12.1 Å². The van der Waals surface area contributed by atoms with Crippen LogP contribution in [0.1, 0.15) is 11.3 Å². The number of nitrogens with zero attached hydrogens (tertiary/aromatic N) is 4. The Morgan fingerprint density at radius 2 is 1.92 bits per heavy atom. The second-order valence-electron chi connectivity index (χ2n) is 8.08. The lowest BCUT2D eigenvalue weighted by Crippen LogP contribution is -2.04. The Balaban J connectivity index is 1.27. The molecule has 194 valence electrons. The second kappa shape index (κ2) is 9.33. The third-order valence-corrected chi connectivity index (χ3v) is 7.45. The summed E-state index contributed by atoms with van der Waals surface area (Å²) >= 11 is 2.56. The van der Waals surface area contributed by atoms with Crippen LogP contribution >= 0.6 is 22.7 Å². The Hall–Kier alpha value is -4.10. The van der Waals surface area contributed by atoms with Crippen molar-refractivity contribution in [3.8, 4) is 38.7 Å². The van der Waals surface area contributed by atoms with Gasteiger partial charge in [-0.15, -0.1) is 16.4 Å². The van der Waals surface area contributed by atoms with Crippen molar-refractivity contribution in [3.05, 3.63) is 65.3 Å². The number of benzene rings is 2. The maximum absolute atomic E-state index is 13.1. The second-order valence-corrected chi connectivity index (χ2v) is 9.86. The predicted octanol–water partition coefficient (Wildman–Crippen LogP) is 6.94. The van der Waals surface area contributed by atoms with Gasteiger partial charge in [0.05, 0.1) is 37.1 Å². The fourth-order valence-electron chi connectivity index (χ4n) is 3.82. The van der Waals surface area contributed by atoms with Gasteiger partial charge in [0.1, 0.15) is 34.4 Å². The zero-order chi connectivity index (χ0) is 26.4. The van der Waals surface area contributed by atoms with Gasteiger partial charge in [0.15, 0.2) is 5.76 Å². The zero-order valence-electron chi connectivity index (χ0n) is 19.8. The number of ether oxygens (including phenoxy) is 3. The SMILES string of the molecule is COc1cc(OCc2csc(-c3cccc(C(F)(F)F)c3)n2)c2cc(-c3cn4nc(OC)sc4n3)oc2c1. The van der Waals surface area contributed by atoms with E-state index in [1.165, 1.54) is 28.7 Å². The molecular formula is C25H17F3N4O4S2. The van der Waals surface area contributed by atoms with E-state index in [0.29, 0.717) is 60.3 Å². The van der Waals surface area contributed by atoms with Crippen LogP contribution in [0.3, 0.4) is 0 Å². The lowest BCUT2D eigenvalue weighted by Gasteiger charge is -2.08. The lowest BCUT2D eigenvalue weighted by atomic mass is 10.1. The number of methoxy groups -OCH3 is 2. The summed E-state index contributed by atoms with van der Waals surface area (Å²) in [6.07, 6.45) is -2.68. The molecule has 0 saturated carbocycles. The number of fused-ring (bicyclic) bond motifs is 2. The summed E-state index contributed by atoms with van der Waals surface area (Å²) in [5.41, 5.74) is 1.39. The van der Waals surface area contributed by atoms with Gasteiger partial charge in [0.25, 0.3) is 5.19 Å². The van der Waals surface area contributed by atoms with Crippen LogP contribution in [-0.4, -0.2) is 33.8 Å². The van der Waals surface area contributed by atoms with E-state index in [1.807, 2.05) is 6.07 Å². The molecule has 0 N–H and O–H groups in total. The smallest absolute Gasteiger partial charge is 0.416 e. The van der Waals surface area contributed by atoms with E-state index in [-0.39, 0.29) is 6.61 Å². The van der Waals surface area contributed by atoms with Crippen LogP contribution in [0.4, 0.5) is 13.2 Å². The molecule has 8 nitrogen and oxygen atoms in total. The average molecular weight is 559 g/mol. The molecule has 0 saturated heterocycles. The highest BCUT2D eigenvalue weighted by Crippen LogP contribution is 2.38. The molecule has 0 spiro atoms. The molecule has 0 aliphatic heterocycles. The van der Waals surface area contributed by atoms with E-state index >= 15 is 0 Å². The quantitative estimate of drug-likeness (QED) is 0.210. The maximum atomic E-state index is 13.1. The van der Waals surface area contributed by atoms with Gasteiger partial charge in [-0.1, -0.05) is 12.1 Å². The minimum atomic E-state index is -4.42. The molecule has 0 bridgehead atoms. The van der Waals surface area contributed by atoms with Crippen LogP contribution in [0, 0.1) is 0 Å². The molecule has 0 amide bonds. The number of hydrogen-bond donors (Lipinski definition) is 0. The van der Waals surface area contributed by atoms with Crippen LogP contribution in [0.2, 0.25) is 0 Å².